The van der Waals surface area contributed by atoms with E-state index in [2.05, 4.69) is 0 Å². The summed E-state index contributed by atoms with van der Waals surface area (Å²) in [5.41, 5.74) is 8.32. The van der Waals surface area contributed by atoms with E-state index < -0.39 is 0 Å². The lowest BCUT2D eigenvalue weighted by atomic mass is 9.93. The number of carbonyl (C=O) groups excluding carboxylic acids is 2. The van der Waals surface area contributed by atoms with E-state index in [1.54, 1.807) is 18.0 Å². The average molecular weight is 339 g/mol. The Balaban J connectivity index is 1.53. The lowest BCUT2D eigenvalue weighted by molar-refractivity contribution is -0.134. The molecule has 1 saturated carbocycles. The van der Waals surface area contributed by atoms with Gasteiger partial charge in [0.25, 0.3) is 0 Å². The lowest BCUT2D eigenvalue weighted by Crippen LogP contribution is -2.38. The molecule has 5 heteroatoms. The molecule has 0 spiro atoms. The minimum Gasteiger partial charge on any atom is -0.342 e. The third-order valence-corrected chi connectivity index (χ3v) is 6.10. The number of amides is 2. The highest BCUT2D eigenvalue weighted by atomic mass is 16.2. The molecule has 0 radical (unpaired) electrons. The third-order valence-electron chi connectivity index (χ3n) is 6.10. The van der Waals surface area contributed by atoms with Crippen molar-refractivity contribution in [3.63, 3.8) is 0 Å². The maximum absolute atomic E-state index is 13.0. The molecule has 0 bridgehead atoms. The summed E-state index contributed by atoms with van der Waals surface area (Å²) in [7, 11) is 0. The quantitative estimate of drug-likeness (QED) is 0.898. The molecule has 2 heterocycles. The molecule has 2 aliphatic heterocycles. The van der Waals surface area contributed by atoms with Crippen LogP contribution >= 0.6 is 0 Å². The molecule has 3 aliphatic rings. The minimum atomic E-state index is -0.222. The number of hydrogen-bond acceptors (Lipinski definition) is 3. The zero-order chi connectivity index (χ0) is 17.6. The molecule has 1 aromatic carbocycles. The Morgan fingerprint density at radius 2 is 2.00 bits per heavy atom. The Kier molecular flexibility index (Phi) is 4.12. The molecule has 1 aliphatic carbocycles. The second kappa shape index (κ2) is 6.30. The fourth-order valence-corrected chi connectivity index (χ4v) is 4.72. The summed E-state index contributed by atoms with van der Waals surface area (Å²) in [5.74, 6) is 1.10. The van der Waals surface area contributed by atoms with E-state index in [1.165, 1.54) is 0 Å². The van der Waals surface area contributed by atoms with Crippen molar-refractivity contribution in [2.45, 2.75) is 38.3 Å². The number of carbonyl (C=O) groups is 2. The van der Waals surface area contributed by atoms with Gasteiger partial charge in [0.2, 0.25) is 11.8 Å². The summed E-state index contributed by atoms with van der Waals surface area (Å²) >= 11 is 0. The van der Waals surface area contributed by atoms with Crippen LogP contribution in [0.1, 0.15) is 43.4 Å². The molecule has 1 saturated heterocycles. The molecule has 2 amide bonds. The van der Waals surface area contributed by atoms with Crippen molar-refractivity contribution < 1.29 is 9.59 Å². The molecule has 4 atom stereocenters. The van der Waals surface area contributed by atoms with Gasteiger partial charge in [-0.2, -0.15) is 0 Å². The third kappa shape index (κ3) is 2.86. The van der Waals surface area contributed by atoms with Crippen LogP contribution in [0.25, 0.3) is 6.08 Å². The standard InChI is InChI=1S/C20H25N3O2/c1-13(24)23-9-8-14-4-2-3-5-16(14)19(23)10-20(25)22-11-15-6-7-18(21)17(15)12-22/h2-5,8-9,15,17-19H,6-7,10-12,21H2,1H3. The van der Waals surface area contributed by atoms with E-state index in [9.17, 15) is 9.59 Å². The van der Waals surface area contributed by atoms with E-state index in [4.69, 9.17) is 5.73 Å². The molecule has 1 aromatic rings. The fourth-order valence-electron chi connectivity index (χ4n) is 4.72. The zero-order valence-corrected chi connectivity index (χ0v) is 14.6. The Bertz CT molecular complexity index is 729. The van der Waals surface area contributed by atoms with Crippen LogP contribution in [-0.4, -0.2) is 40.7 Å². The van der Waals surface area contributed by atoms with Gasteiger partial charge in [0, 0.05) is 32.3 Å². The van der Waals surface area contributed by atoms with Crippen molar-refractivity contribution in [1.29, 1.82) is 0 Å². The summed E-state index contributed by atoms with van der Waals surface area (Å²) in [6, 6.07) is 8.00. The predicted octanol–water partition coefficient (Wildman–Crippen LogP) is 2.15. The number of rotatable bonds is 2. The maximum atomic E-state index is 13.0. The van der Waals surface area contributed by atoms with Crippen LogP contribution in [-0.2, 0) is 9.59 Å². The molecule has 132 valence electrons. The fraction of sp³-hybridized carbons (Fsp3) is 0.500. The van der Waals surface area contributed by atoms with Crippen LogP contribution in [0.2, 0.25) is 0 Å². The maximum Gasteiger partial charge on any atom is 0.225 e. The number of nitrogens with two attached hydrogens (primary N) is 1. The van der Waals surface area contributed by atoms with Gasteiger partial charge in [-0.1, -0.05) is 24.3 Å². The number of fused-ring (bicyclic) bond motifs is 2. The highest BCUT2D eigenvalue weighted by Crippen LogP contribution is 2.39. The van der Waals surface area contributed by atoms with E-state index in [-0.39, 0.29) is 23.9 Å². The Morgan fingerprint density at radius 3 is 2.76 bits per heavy atom. The van der Waals surface area contributed by atoms with Crippen LogP contribution in [0.15, 0.2) is 30.5 Å². The van der Waals surface area contributed by atoms with Gasteiger partial charge in [0.05, 0.1) is 12.5 Å². The van der Waals surface area contributed by atoms with Crippen molar-refractivity contribution in [2.24, 2.45) is 17.6 Å². The largest absolute Gasteiger partial charge is 0.342 e. The minimum absolute atomic E-state index is 0.0381. The summed E-state index contributed by atoms with van der Waals surface area (Å²) in [6.45, 7) is 3.14. The Hall–Kier alpha value is -2.14. The summed E-state index contributed by atoms with van der Waals surface area (Å²) in [5, 5.41) is 0. The number of nitrogens with zero attached hydrogens (tertiary/aromatic N) is 2. The molecular formula is C20H25N3O2. The van der Waals surface area contributed by atoms with Gasteiger partial charge >= 0.3 is 0 Å². The average Bonchev–Trinajstić information content (AvgIpc) is 3.17. The molecular weight excluding hydrogens is 314 g/mol. The van der Waals surface area contributed by atoms with Crippen molar-refractivity contribution >= 4 is 17.9 Å². The number of hydrogen-bond donors (Lipinski definition) is 1. The summed E-state index contributed by atoms with van der Waals surface area (Å²) in [4.78, 5) is 28.7. The Labute approximate surface area is 148 Å². The van der Waals surface area contributed by atoms with Crippen molar-refractivity contribution in [1.82, 2.24) is 9.80 Å². The van der Waals surface area contributed by atoms with Crippen LogP contribution in [0.5, 0.6) is 0 Å². The zero-order valence-electron chi connectivity index (χ0n) is 14.6. The first kappa shape index (κ1) is 16.3. The highest BCUT2D eigenvalue weighted by molar-refractivity contribution is 5.82. The first-order chi connectivity index (χ1) is 12.0. The van der Waals surface area contributed by atoms with Crippen molar-refractivity contribution in [2.75, 3.05) is 13.1 Å². The molecule has 4 unspecified atom stereocenters. The van der Waals surface area contributed by atoms with Crippen LogP contribution in [0.3, 0.4) is 0 Å². The van der Waals surface area contributed by atoms with E-state index in [0.29, 0.717) is 18.3 Å². The van der Waals surface area contributed by atoms with Gasteiger partial charge < -0.3 is 15.5 Å². The van der Waals surface area contributed by atoms with E-state index in [0.717, 1.165) is 37.1 Å². The van der Waals surface area contributed by atoms with Gasteiger partial charge in [0.15, 0.2) is 0 Å². The molecule has 5 nitrogen and oxygen atoms in total. The Morgan fingerprint density at radius 1 is 1.20 bits per heavy atom. The first-order valence-corrected chi connectivity index (χ1v) is 9.14. The highest BCUT2D eigenvalue weighted by Gasteiger charge is 2.43. The van der Waals surface area contributed by atoms with E-state index in [1.807, 2.05) is 35.2 Å². The first-order valence-electron chi connectivity index (χ1n) is 9.14. The number of benzene rings is 1. The molecule has 4 rings (SSSR count). The smallest absolute Gasteiger partial charge is 0.225 e. The molecule has 25 heavy (non-hydrogen) atoms. The molecule has 2 fully saturated rings. The summed E-state index contributed by atoms with van der Waals surface area (Å²) < 4.78 is 0. The summed E-state index contributed by atoms with van der Waals surface area (Å²) in [6.07, 6.45) is 6.28. The molecule has 2 N–H and O–H groups in total. The predicted molar refractivity (Wildman–Crippen MR) is 96.1 cm³/mol. The normalized spacial score (nSPS) is 30.3. The monoisotopic (exact) mass is 339 g/mol. The van der Waals surface area contributed by atoms with Gasteiger partial charge in [0.1, 0.15) is 0 Å². The lowest BCUT2D eigenvalue weighted by Gasteiger charge is -2.33. The SMILES string of the molecule is CC(=O)N1C=Cc2ccccc2C1CC(=O)N1CC2CCC(N)C2C1. The van der Waals surface area contributed by atoms with Gasteiger partial charge in [-0.05, 0) is 41.9 Å². The van der Waals surface area contributed by atoms with Gasteiger partial charge in [-0.15, -0.1) is 0 Å². The van der Waals surface area contributed by atoms with Crippen LogP contribution in [0.4, 0.5) is 0 Å². The second-order valence-corrected chi connectivity index (χ2v) is 7.55. The van der Waals surface area contributed by atoms with Gasteiger partial charge in [-0.3, -0.25) is 9.59 Å². The van der Waals surface area contributed by atoms with E-state index >= 15 is 0 Å². The van der Waals surface area contributed by atoms with Crippen LogP contribution in [0, 0.1) is 11.8 Å². The molecule has 0 aromatic heterocycles. The van der Waals surface area contributed by atoms with Crippen molar-refractivity contribution in [3.8, 4) is 0 Å². The second-order valence-electron chi connectivity index (χ2n) is 7.55. The number of likely N-dealkylation sites (tertiary alicyclic amines) is 1. The topological polar surface area (TPSA) is 66.6 Å². The van der Waals surface area contributed by atoms with Gasteiger partial charge in [-0.25, -0.2) is 0 Å². The van der Waals surface area contributed by atoms with Crippen molar-refractivity contribution in [3.05, 3.63) is 41.6 Å². The van der Waals surface area contributed by atoms with Crippen LogP contribution < -0.4 is 5.73 Å².